The molecule has 0 aliphatic carbocycles. The van der Waals surface area contributed by atoms with Crippen molar-refractivity contribution in [1.29, 1.82) is 0 Å². The first kappa shape index (κ1) is 16.3. The number of nitrogens with two attached hydrogens (primary N) is 1. The Morgan fingerprint density at radius 1 is 1.29 bits per heavy atom. The van der Waals surface area contributed by atoms with Gasteiger partial charge in [-0.05, 0) is 31.2 Å². The number of halogens is 2. The van der Waals surface area contributed by atoms with Crippen molar-refractivity contribution >= 4 is 11.7 Å². The summed E-state index contributed by atoms with van der Waals surface area (Å²) in [5, 5.41) is 2.87. The number of carbonyl (C=O) groups excluding carboxylic acids is 1. The summed E-state index contributed by atoms with van der Waals surface area (Å²) < 4.78 is 26.7. The van der Waals surface area contributed by atoms with E-state index < -0.39 is 17.5 Å². The highest BCUT2D eigenvalue weighted by Crippen LogP contribution is 2.32. The maximum Gasteiger partial charge on any atom is 0.274 e. The zero-order valence-corrected chi connectivity index (χ0v) is 13.0. The molecular weight excluding hydrogens is 316 g/mol. The van der Waals surface area contributed by atoms with E-state index in [9.17, 15) is 13.6 Å². The third-order valence-corrected chi connectivity index (χ3v) is 4.19. The van der Waals surface area contributed by atoms with Crippen molar-refractivity contribution in [2.24, 2.45) is 0 Å². The highest BCUT2D eigenvalue weighted by atomic mass is 19.2. The zero-order valence-electron chi connectivity index (χ0n) is 13.0. The highest BCUT2D eigenvalue weighted by Gasteiger charge is 2.35. The second-order valence-electron chi connectivity index (χ2n) is 5.76. The van der Waals surface area contributed by atoms with Crippen molar-refractivity contribution in [3.05, 3.63) is 53.5 Å². The molecule has 8 heteroatoms. The molecule has 2 aromatic rings. The van der Waals surface area contributed by atoms with Crippen LogP contribution in [-0.2, 0) is 0 Å². The van der Waals surface area contributed by atoms with Crippen LogP contribution in [0.4, 0.5) is 14.6 Å². The van der Waals surface area contributed by atoms with Crippen molar-refractivity contribution in [3.63, 3.8) is 0 Å². The molecule has 0 saturated carbocycles. The summed E-state index contributed by atoms with van der Waals surface area (Å²) in [6, 6.07) is 3.25. The Morgan fingerprint density at radius 2 is 2.04 bits per heavy atom. The molecule has 1 aromatic heterocycles. The summed E-state index contributed by atoms with van der Waals surface area (Å²) in [7, 11) is 1.87. The molecule has 2 atom stereocenters. The number of likely N-dealkylation sites (tertiary alicyclic amines) is 1. The van der Waals surface area contributed by atoms with Crippen LogP contribution in [0.15, 0.2) is 30.6 Å². The van der Waals surface area contributed by atoms with E-state index in [-0.39, 0.29) is 23.6 Å². The fourth-order valence-corrected chi connectivity index (χ4v) is 3.04. The van der Waals surface area contributed by atoms with E-state index in [1.165, 1.54) is 18.5 Å². The van der Waals surface area contributed by atoms with E-state index in [0.717, 1.165) is 12.1 Å². The molecule has 0 spiro atoms. The SMILES string of the molecule is CN1CCC(NC(=O)c2nccnc2N)C1c1ccc(F)c(F)c1. The molecule has 126 valence electrons. The number of rotatable bonds is 3. The van der Waals surface area contributed by atoms with Crippen LogP contribution in [0.25, 0.3) is 0 Å². The number of nitrogen functional groups attached to an aromatic ring is 1. The fraction of sp³-hybridized carbons (Fsp3) is 0.312. The lowest BCUT2D eigenvalue weighted by Crippen LogP contribution is -2.39. The number of anilines is 1. The van der Waals surface area contributed by atoms with E-state index in [1.807, 2.05) is 11.9 Å². The van der Waals surface area contributed by atoms with Gasteiger partial charge in [0.15, 0.2) is 23.1 Å². The van der Waals surface area contributed by atoms with Crippen LogP contribution in [0, 0.1) is 11.6 Å². The monoisotopic (exact) mass is 333 g/mol. The quantitative estimate of drug-likeness (QED) is 0.889. The Kier molecular flexibility index (Phi) is 4.39. The predicted molar refractivity (Wildman–Crippen MR) is 84.0 cm³/mol. The topological polar surface area (TPSA) is 84.1 Å². The fourth-order valence-electron chi connectivity index (χ4n) is 3.04. The highest BCUT2D eigenvalue weighted by molar-refractivity contribution is 5.96. The van der Waals surface area contributed by atoms with Crippen LogP contribution < -0.4 is 11.1 Å². The molecule has 24 heavy (non-hydrogen) atoms. The van der Waals surface area contributed by atoms with Crippen LogP contribution in [0.2, 0.25) is 0 Å². The lowest BCUT2D eigenvalue weighted by molar-refractivity contribution is 0.0923. The second-order valence-corrected chi connectivity index (χ2v) is 5.76. The molecule has 1 aliphatic heterocycles. The Bertz CT molecular complexity index is 770. The van der Waals surface area contributed by atoms with Crippen LogP contribution in [0.3, 0.4) is 0 Å². The van der Waals surface area contributed by atoms with Crippen molar-refractivity contribution in [2.75, 3.05) is 19.3 Å². The van der Waals surface area contributed by atoms with Crippen molar-refractivity contribution in [1.82, 2.24) is 20.2 Å². The summed E-state index contributed by atoms with van der Waals surface area (Å²) in [5.41, 5.74) is 6.32. The molecule has 3 N–H and O–H groups in total. The minimum absolute atomic E-state index is 0.0470. The Labute approximate surface area is 137 Å². The minimum atomic E-state index is -0.906. The van der Waals surface area contributed by atoms with Crippen molar-refractivity contribution in [3.8, 4) is 0 Å². The normalized spacial score (nSPS) is 21.0. The number of nitrogens with zero attached hydrogens (tertiary/aromatic N) is 3. The Balaban J connectivity index is 1.83. The third kappa shape index (κ3) is 3.05. The predicted octanol–water partition coefficient (Wildman–Crippen LogP) is 1.51. The summed E-state index contributed by atoms with van der Waals surface area (Å²) in [5.74, 6) is -2.19. The van der Waals surface area contributed by atoms with E-state index in [0.29, 0.717) is 18.5 Å². The van der Waals surface area contributed by atoms with E-state index in [2.05, 4.69) is 15.3 Å². The minimum Gasteiger partial charge on any atom is -0.382 e. The van der Waals surface area contributed by atoms with E-state index in [4.69, 9.17) is 5.73 Å². The van der Waals surface area contributed by atoms with Gasteiger partial charge in [0.2, 0.25) is 0 Å². The number of benzene rings is 1. The number of nitrogens with one attached hydrogen (secondary N) is 1. The summed E-state index contributed by atoms with van der Waals surface area (Å²) in [4.78, 5) is 22.1. The first-order valence-electron chi connectivity index (χ1n) is 7.50. The maximum absolute atomic E-state index is 13.6. The van der Waals surface area contributed by atoms with Gasteiger partial charge < -0.3 is 11.1 Å². The largest absolute Gasteiger partial charge is 0.382 e. The molecule has 1 aliphatic rings. The number of aromatic nitrogens is 2. The van der Waals surface area contributed by atoms with Gasteiger partial charge in [0.05, 0.1) is 12.1 Å². The van der Waals surface area contributed by atoms with Gasteiger partial charge in [-0.2, -0.15) is 0 Å². The van der Waals surface area contributed by atoms with Gasteiger partial charge in [0.25, 0.3) is 5.91 Å². The van der Waals surface area contributed by atoms with Crippen LogP contribution in [0.1, 0.15) is 28.5 Å². The summed E-state index contributed by atoms with van der Waals surface area (Å²) in [6.45, 7) is 0.713. The van der Waals surface area contributed by atoms with Gasteiger partial charge in [-0.3, -0.25) is 9.69 Å². The zero-order chi connectivity index (χ0) is 17.3. The molecule has 6 nitrogen and oxygen atoms in total. The lowest BCUT2D eigenvalue weighted by atomic mass is 9.99. The molecule has 3 rings (SSSR count). The molecule has 1 saturated heterocycles. The van der Waals surface area contributed by atoms with Crippen molar-refractivity contribution in [2.45, 2.75) is 18.5 Å². The van der Waals surface area contributed by atoms with Crippen molar-refractivity contribution < 1.29 is 13.6 Å². The van der Waals surface area contributed by atoms with E-state index >= 15 is 0 Å². The van der Waals surface area contributed by atoms with Gasteiger partial charge in [-0.1, -0.05) is 6.07 Å². The first-order valence-corrected chi connectivity index (χ1v) is 7.50. The average molecular weight is 333 g/mol. The van der Waals surface area contributed by atoms with Crippen LogP contribution in [-0.4, -0.2) is 40.4 Å². The Hall–Kier alpha value is -2.61. The first-order chi connectivity index (χ1) is 11.5. The van der Waals surface area contributed by atoms with Gasteiger partial charge in [-0.25, -0.2) is 18.7 Å². The summed E-state index contributed by atoms with van der Waals surface area (Å²) >= 11 is 0. The standard InChI is InChI=1S/C16H17F2N5O/c1-23-7-4-12(14(23)9-2-3-10(17)11(18)8-9)22-16(24)13-15(19)21-6-5-20-13/h2-3,5-6,8,12,14H,4,7H2,1H3,(H2,19,21)(H,22,24). The molecule has 0 radical (unpaired) electrons. The molecule has 2 unspecified atom stereocenters. The molecule has 1 fully saturated rings. The van der Waals surface area contributed by atoms with Gasteiger partial charge in [0, 0.05) is 18.9 Å². The molecule has 0 bridgehead atoms. The summed E-state index contributed by atoms with van der Waals surface area (Å²) in [6.07, 6.45) is 3.46. The van der Waals surface area contributed by atoms with Gasteiger partial charge in [-0.15, -0.1) is 0 Å². The Morgan fingerprint density at radius 3 is 2.75 bits per heavy atom. The third-order valence-electron chi connectivity index (χ3n) is 4.19. The number of likely N-dealkylation sites (N-methyl/N-ethyl adjacent to an activating group) is 1. The maximum atomic E-state index is 13.6. The second kappa shape index (κ2) is 6.48. The van der Waals surface area contributed by atoms with Gasteiger partial charge >= 0.3 is 0 Å². The molecule has 1 amide bonds. The van der Waals surface area contributed by atoms with Crippen LogP contribution in [0.5, 0.6) is 0 Å². The molecular formula is C16H17F2N5O. The van der Waals surface area contributed by atoms with Crippen LogP contribution >= 0.6 is 0 Å². The lowest BCUT2D eigenvalue weighted by Gasteiger charge is -2.26. The smallest absolute Gasteiger partial charge is 0.274 e. The average Bonchev–Trinajstić information content (AvgIpc) is 2.91. The number of carbonyl (C=O) groups is 1. The number of hydrogen-bond donors (Lipinski definition) is 2. The number of amides is 1. The molecule has 2 heterocycles. The number of hydrogen-bond acceptors (Lipinski definition) is 5. The molecule has 1 aromatic carbocycles. The van der Waals surface area contributed by atoms with E-state index in [1.54, 1.807) is 0 Å². The van der Waals surface area contributed by atoms with Gasteiger partial charge in [0.1, 0.15) is 0 Å².